The van der Waals surface area contributed by atoms with Gasteiger partial charge >= 0.3 is 12.8 Å². The molecule has 1 fully saturated rings. The maximum absolute atomic E-state index is 13.6. The summed E-state index contributed by atoms with van der Waals surface area (Å²) in [5.74, 6) is -1.41. The van der Waals surface area contributed by atoms with Crippen LogP contribution in [0.2, 0.25) is 5.02 Å². The number of nitrogens with one attached hydrogen (secondary N) is 2. The van der Waals surface area contributed by atoms with Crippen LogP contribution in [0.25, 0.3) is 11.3 Å². The summed E-state index contributed by atoms with van der Waals surface area (Å²) < 4.78 is 98.1. The number of ether oxygens (including phenoxy) is 1. The third-order valence-corrected chi connectivity index (χ3v) is 8.36. The lowest BCUT2D eigenvalue weighted by Gasteiger charge is -2.27. The number of amides is 1. The van der Waals surface area contributed by atoms with Crippen LogP contribution in [0.5, 0.6) is 5.75 Å². The molecule has 0 aliphatic heterocycles. The summed E-state index contributed by atoms with van der Waals surface area (Å²) >= 11 is 6.48. The molecule has 4 N–H and O–H groups in total. The van der Waals surface area contributed by atoms with Crippen molar-refractivity contribution in [3.63, 3.8) is 0 Å². The Morgan fingerprint density at radius 1 is 1.26 bits per heavy atom. The topological polar surface area (TPSA) is 143 Å². The highest BCUT2D eigenvalue weighted by molar-refractivity contribution is 7.88. The Kier molecular flexibility index (Phi) is 10.2. The van der Waals surface area contributed by atoms with Gasteiger partial charge in [-0.05, 0) is 50.3 Å². The van der Waals surface area contributed by atoms with Gasteiger partial charge in [0.05, 0.1) is 34.1 Å². The van der Waals surface area contributed by atoms with Crippen molar-refractivity contribution in [2.24, 2.45) is 5.41 Å². The van der Waals surface area contributed by atoms with E-state index in [4.69, 9.17) is 11.6 Å². The number of carbonyl (C=O) groups excluding carboxylic acids is 1. The lowest BCUT2D eigenvalue weighted by Crippen LogP contribution is -2.44. The number of carbonyl (C=O) groups is 1. The van der Waals surface area contributed by atoms with Crippen LogP contribution in [0.1, 0.15) is 61.7 Å². The molecule has 1 aromatic carbocycles. The summed E-state index contributed by atoms with van der Waals surface area (Å²) in [6.45, 7) is -0.424. The molecule has 236 valence electrons. The summed E-state index contributed by atoms with van der Waals surface area (Å²) in [7, 11) is -3.50. The number of hydrogen-bond donors (Lipinski definition) is 4. The second kappa shape index (κ2) is 12.6. The first-order chi connectivity index (χ1) is 19.4. The maximum Gasteiger partial charge on any atom is 0.397 e. The number of aryl methyl sites for hydroxylation is 1. The molecule has 42 heavy (non-hydrogen) atoms. The minimum Gasteiger partial charge on any atom is -0.434 e. The molecular weight excluding hydrogens is 615 g/mol. The molecule has 0 saturated heterocycles. The van der Waals surface area contributed by atoms with Gasteiger partial charge in [-0.3, -0.25) is 9.48 Å². The number of aliphatic hydroxyl groups is 2. The highest BCUT2D eigenvalue weighted by Crippen LogP contribution is 2.64. The lowest BCUT2D eigenvalue weighted by atomic mass is 9.91. The van der Waals surface area contributed by atoms with Gasteiger partial charge in [-0.15, -0.1) is 0 Å². The number of sulfonamides is 1. The predicted octanol–water partition coefficient (Wildman–Crippen LogP) is 4.01. The van der Waals surface area contributed by atoms with E-state index in [2.05, 4.69) is 19.9 Å². The van der Waals surface area contributed by atoms with Crippen LogP contribution in [0.4, 0.5) is 22.0 Å². The van der Waals surface area contributed by atoms with Crippen molar-refractivity contribution in [1.82, 2.24) is 19.8 Å². The van der Waals surface area contributed by atoms with Crippen LogP contribution in [0.15, 0.2) is 18.2 Å². The molecule has 0 spiro atoms. The third kappa shape index (κ3) is 7.51. The fraction of sp³-hybridized carbons (Fsp3) is 0.600. The van der Waals surface area contributed by atoms with Crippen LogP contribution in [0.3, 0.4) is 0 Å². The first kappa shape index (κ1) is 34.0. The van der Waals surface area contributed by atoms with Gasteiger partial charge < -0.3 is 20.3 Å². The van der Waals surface area contributed by atoms with Crippen molar-refractivity contribution in [2.45, 2.75) is 70.6 Å². The summed E-state index contributed by atoms with van der Waals surface area (Å²) in [4.78, 5) is 13.0. The Balaban J connectivity index is 1.92. The average molecular weight is 647 g/mol. The predicted molar refractivity (Wildman–Crippen MR) is 143 cm³/mol. The second-order valence-electron chi connectivity index (χ2n) is 10.2. The van der Waals surface area contributed by atoms with Gasteiger partial charge in [0.1, 0.15) is 5.75 Å². The first-order valence-corrected chi connectivity index (χ1v) is 15.2. The zero-order valence-corrected chi connectivity index (χ0v) is 24.5. The van der Waals surface area contributed by atoms with Crippen molar-refractivity contribution in [3.05, 3.63) is 34.5 Å². The van der Waals surface area contributed by atoms with Crippen LogP contribution >= 0.6 is 11.6 Å². The zero-order chi connectivity index (χ0) is 31.7. The monoisotopic (exact) mass is 646 g/mol. The van der Waals surface area contributed by atoms with Crippen molar-refractivity contribution < 1.29 is 50.1 Å². The van der Waals surface area contributed by atoms with E-state index >= 15 is 0 Å². The zero-order valence-electron chi connectivity index (χ0n) is 22.9. The minimum absolute atomic E-state index is 0.0264. The number of aromatic nitrogens is 2. The molecule has 3 rings (SSSR count). The Labute approximate surface area is 244 Å². The summed E-state index contributed by atoms with van der Waals surface area (Å²) in [6.07, 6.45) is -6.29. The summed E-state index contributed by atoms with van der Waals surface area (Å²) in [6, 6.07) is 3.18. The van der Waals surface area contributed by atoms with Crippen LogP contribution < -0.4 is 14.8 Å². The molecule has 0 radical (unpaired) electrons. The van der Waals surface area contributed by atoms with Gasteiger partial charge in [-0.2, -0.15) is 27.1 Å². The van der Waals surface area contributed by atoms with E-state index in [1.54, 1.807) is 13.8 Å². The molecule has 2 aromatic rings. The molecule has 0 bridgehead atoms. The van der Waals surface area contributed by atoms with E-state index in [-0.39, 0.29) is 72.9 Å². The molecule has 1 aliphatic carbocycles. The second-order valence-corrected chi connectivity index (χ2v) is 12.4. The molecule has 1 heterocycles. The van der Waals surface area contributed by atoms with Gasteiger partial charge in [0.15, 0.2) is 5.69 Å². The van der Waals surface area contributed by atoms with Gasteiger partial charge in [-0.1, -0.05) is 24.6 Å². The molecule has 2 atom stereocenters. The van der Waals surface area contributed by atoms with E-state index in [0.717, 1.165) is 24.5 Å². The van der Waals surface area contributed by atoms with E-state index in [1.807, 2.05) is 0 Å². The first-order valence-electron chi connectivity index (χ1n) is 12.9. The number of alkyl halides is 5. The van der Waals surface area contributed by atoms with Gasteiger partial charge in [0, 0.05) is 25.2 Å². The number of rotatable bonds is 14. The van der Waals surface area contributed by atoms with E-state index in [1.165, 1.54) is 4.68 Å². The highest BCUT2D eigenvalue weighted by Gasteiger charge is 2.67. The normalized spacial score (nSPS) is 17.1. The number of benzene rings is 1. The van der Waals surface area contributed by atoms with Crippen molar-refractivity contribution in [2.75, 3.05) is 19.3 Å². The number of aliphatic hydroxyl groups excluding tert-OH is 1. The standard InChI is InChI=1S/C25H32ClF5N4O6S/c1-4-23(38,10-11-33-42(3,39)40)13-32-21(37)18-17(26)19(35(5-2)34-18)15-7-6-14(12-16(15)41-22(27)28)20(36)24(8-9-24)25(29,30)31/h6-7,12,20,22,33,36,38H,4-5,8-11,13H2,1-3H3,(H,32,37)/t20-,23?/m0/s1. The Hall–Kier alpha value is -2.53. The Bertz CT molecular complexity index is 1400. The van der Waals surface area contributed by atoms with E-state index in [9.17, 15) is 45.4 Å². The van der Waals surface area contributed by atoms with Crippen molar-refractivity contribution >= 4 is 27.5 Å². The van der Waals surface area contributed by atoms with Gasteiger partial charge in [0.2, 0.25) is 10.0 Å². The molecule has 17 heteroatoms. The lowest BCUT2D eigenvalue weighted by molar-refractivity contribution is -0.215. The van der Waals surface area contributed by atoms with Gasteiger partial charge in [-0.25, -0.2) is 13.1 Å². The van der Waals surface area contributed by atoms with Crippen LogP contribution in [-0.4, -0.2) is 72.1 Å². The summed E-state index contributed by atoms with van der Waals surface area (Å²) in [5.41, 5.74) is -4.64. The number of nitrogens with zero attached hydrogens (tertiary/aromatic N) is 2. The quantitative estimate of drug-likeness (QED) is 0.227. The molecule has 1 aromatic heterocycles. The number of hydrogen-bond acceptors (Lipinski definition) is 7. The Morgan fingerprint density at radius 3 is 2.40 bits per heavy atom. The largest absolute Gasteiger partial charge is 0.434 e. The molecule has 1 unspecified atom stereocenters. The number of halogens is 6. The molecule has 1 aliphatic rings. The Morgan fingerprint density at radius 2 is 1.90 bits per heavy atom. The summed E-state index contributed by atoms with van der Waals surface area (Å²) in [5, 5.41) is 27.7. The highest BCUT2D eigenvalue weighted by atomic mass is 35.5. The molecule has 1 saturated carbocycles. The van der Waals surface area contributed by atoms with Crippen molar-refractivity contribution in [3.8, 4) is 17.0 Å². The maximum atomic E-state index is 13.6. The van der Waals surface area contributed by atoms with Crippen molar-refractivity contribution in [1.29, 1.82) is 0 Å². The molecule has 1 amide bonds. The smallest absolute Gasteiger partial charge is 0.397 e. The minimum atomic E-state index is -4.71. The molecule has 10 nitrogen and oxygen atoms in total. The SMILES string of the molecule is CCn1nc(C(=O)NCC(O)(CC)CCNS(C)(=O)=O)c(Cl)c1-c1ccc([C@H](O)C2(C(F)(F)F)CC2)cc1OC(F)F. The van der Waals surface area contributed by atoms with Gasteiger partial charge in [0.25, 0.3) is 5.91 Å². The fourth-order valence-electron chi connectivity index (χ4n) is 4.52. The van der Waals surface area contributed by atoms with Crippen LogP contribution in [-0.2, 0) is 16.6 Å². The van der Waals surface area contributed by atoms with E-state index < -0.39 is 51.6 Å². The fourth-order valence-corrected chi connectivity index (χ4v) is 5.32. The van der Waals surface area contributed by atoms with Crippen LogP contribution in [0, 0.1) is 5.41 Å². The molecular formula is C25H32ClF5N4O6S. The third-order valence-electron chi connectivity index (χ3n) is 7.27. The van der Waals surface area contributed by atoms with E-state index in [0.29, 0.717) is 0 Å². The average Bonchev–Trinajstić information content (AvgIpc) is 3.65.